The van der Waals surface area contributed by atoms with Crippen molar-refractivity contribution in [2.24, 2.45) is 0 Å². The smallest absolute Gasteiger partial charge is 0.168 e. The number of halogens is 1. The van der Waals surface area contributed by atoms with Crippen LogP contribution >= 0.6 is 11.6 Å². The number of aldehydes is 1. The number of aromatic nitrogens is 2. The van der Waals surface area contributed by atoms with E-state index in [1.807, 2.05) is 41.0 Å². The van der Waals surface area contributed by atoms with Gasteiger partial charge in [-0.15, -0.1) is 0 Å². The third kappa shape index (κ3) is 3.12. The summed E-state index contributed by atoms with van der Waals surface area (Å²) < 4.78 is 1.86. The van der Waals surface area contributed by atoms with E-state index in [-0.39, 0.29) is 0 Å². The van der Waals surface area contributed by atoms with Crippen molar-refractivity contribution < 1.29 is 4.79 Å². The predicted molar refractivity (Wildman–Crippen MR) is 77.5 cm³/mol. The van der Waals surface area contributed by atoms with E-state index in [0.717, 1.165) is 24.1 Å². The fourth-order valence-corrected chi connectivity index (χ4v) is 2.02. The van der Waals surface area contributed by atoms with Gasteiger partial charge >= 0.3 is 0 Å². The summed E-state index contributed by atoms with van der Waals surface area (Å²) in [6, 6.07) is 7.61. The highest BCUT2D eigenvalue weighted by Gasteiger charge is 2.09. The molecular formula is C15H15ClN2O. The summed E-state index contributed by atoms with van der Waals surface area (Å²) in [5.74, 6) is 0.767. The Hall–Kier alpha value is -1.87. The molecule has 0 aliphatic rings. The average Bonchev–Trinajstić information content (AvgIpc) is 2.81. The minimum atomic E-state index is 0.539. The Kier molecular flexibility index (Phi) is 4.53. The van der Waals surface area contributed by atoms with E-state index in [4.69, 9.17) is 11.6 Å². The summed E-state index contributed by atoms with van der Waals surface area (Å²) in [5.41, 5.74) is 1.52. The van der Waals surface area contributed by atoms with Gasteiger partial charge in [-0.2, -0.15) is 0 Å². The maximum atomic E-state index is 11.1. The third-order valence-corrected chi connectivity index (χ3v) is 3.20. The predicted octanol–water partition coefficient (Wildman–Crippen LogP) is 3.82. The molecule has 98 valence electrons. The van der Waals surface area contributed by atoms with Gasteiger partial charge in [0.15, 0.2) is 6.29 Å². The number of allylic oxidation sites excluding steroid dienone is 1. The van der Waals surface area contributed by atoms with E-state index in [2.05, 4.69) is 11.9 Å². The zero-order valence-corrected chi connectivity index (χ0v) is 11.5. The lowest BCUT2D eigenvalue weighted by Gasteiger charge is -2.09. The molecule has 3 nitrogen and oxygen atoms in total. The van der Waals surface area contributed by atoms with Gasteiger partial charge < -0.3 is 4.57 Å². The highest BCUT2D eigenvalue weighted by molar-refractivity contribution is 6.31. The summed E-state index contributed by atoms with van der Waals surface area (Å²) in [5, 5.41) is 0.693. The molecule has 0 atom stereocenters. The number of benzene rings is 1. The van der Waals surface area contributed by atoms with E-state index in [0.29, 0.717) is 17.3 Å². The second kappa shape index (κ2) is 6.34. The van der Waals surface area contributed by atoms with Crippen molar-refractivity contribution in [3.05, 3.63) is 58.6 Å². The van der Waals surface area contributed by atoms with Crippen molar-refractivity contribution in [2.45, 2.75) is 19.9 Å². The first kappa shape index (κ1) is 13.6. The minimum absolute atomic E-state index is 0.539. The topological polar surface area (TPSA) is 34.9 Å². The molecule has 1 aromatic heterocycles. The highest BCUT2D eigenvalue weighted by atomic mass is 35.5. The number of rotatable bonds is 5. The molecule has 0 N–H and O–H groups in total. The molecule has 0 bridgehead atoms. The van der Waals surface area contributed by atoms with Crippen LogP contribution in [0.4, 0.5) is 0 Å². The van der Waals surface area contributed by atoms with Crippen LogP contribution in [0.25, 0.3) is 6.08 Å². The van der Waals surface area contributed by atoms with Crippen LogP contribution in [0.15, 0.2) is 36.5 Å². The van der Waals surface area contributed by atoms with Crippen molar-refractivity contribution in [1.29, 1.82) is 0 Å². The lowest BCUT2D eigenvalue weighted by molar-refractivity contribution is 0.111. The Labute approximate surface area is 117 Å². The quantitative estimate of drug-likeness (QED) is 0.777. The molecule has 4 heteroatoms. The molecule has 0 aliphatic heterocycles. The zero-order chi connectivity index (χ0) is 13.7. The van der Waals surface area contributed by atoms with Crippen molar-refractivity contribution in [3.63, 3.8) is 0 Å². The number of carbonyl (C=O) groups is 1. The van der Waals surface area contributed by atoms with E-state index >= 15 is 0 Å². The standard InChI is InChI=1S/C15H15ClN2O/c1-2-3-8-15-17-9-13(11-19)18(15)10-12-6-4-5-7-14(12)16/h3-9,11H,2,10H2,1H3. The largest absolute Gasteiger partial charge is 0.318 e. The first-order valence-electron chi connectivity index (χ1n) is 6.17. The van der Waals surface area contributed by atoms with Crippen LogP contribution in [0, 0.1) is 0 Å². The van der Waals surface area contributed by atoms with Crippen LogP contribution in [-0.2, 0) is 6.54 Å². The maximum absolute atomic E-state index is 11.1. The molecule has 0 spiro atoms. The number of carbonyl (C=O) groups excluding carboxylic acids is 1. The van der Waals surface area contributed by atoms with Crippen molar-refractivity contribution >= 4 is 24.0 Å². The van der Waals surface area contributed by atoms with Gasteiger partial charge in [-0.25, -0.2) is 4.98 Å². The molecule has 0 saturated carbocycles. The molecule has 2 aromatic rings. The summed E-state index contributed by atoms with van der Waals surface area (Å²) in [6.45, 7) is 2.59. The average molecular weight is 275 g/mol. The Morgan fingerprint density at radius 1 is 1.37 bits per heavy atom. The number of imidazole rings is 1. The summed E-state index contributed by atoms with van der Waals surface area (Å²) in [6.07, 6.45) is 7.26. The normalized spacial score (nSPS) is 11.1. The minimum Gasteiger partial charge on any atom is -0.318 e. The highest BCUT2D eigenvalue weighted by Crippen LogP contribution is 2.18. The monoisotopic (exact) mass is 274 g/mol. The van der Waals surface area contributed by atoms with Gasteiger partial charge in [-0.3, -0.25) is 4.79 Å². The lowest BCUT2D eigenvalue weighted by Crippen LogP contribution is -2.06. The first-order chi connectivity index (χ1) is 9.26. The van der Waals surface area contributed by atoms with Gasteiger partial charge in [-0.05, 0) is 24.1 Å². The molecule has 0 unspecified atom stereocenters. The van der Waals surface area contributed by atoms with E-state index < -0.39 is 0 Å². The zero-order valence-electron chi connectivity index (χ0n) is 10.7. The fraction of sp³-hybridized carbons (Fsp3) is 0.200. The van der Waals surface area contributed by atoms with Crippen molar-refractivity contribution in [2.75, 3.05) is 0 Å². The van der Waals surface area contributed by atoms with Crippen molar-refractivity contribution in [1.82, 2.24) is 9.55 Å². The molecule has 0 amide bonds. The van der Waals surface area contributed by atoms with E-state index in [1.165, 1.54) is 0 Å². The molecular weight excluding hydrogens is 260 g/mol. The molecule has 0 saturated heterocycles. The van der Waals surface area contributed by atoms with E-state index in [9.17, 15) is 4.79 Å². The van der Waals surface area contributed by atoms with Gasteiger partial charge in [0.1, 0.15) is 11.5 Å². The lowest BCUT2D eigenvalue weighted by atomic mass is 10.2. The van der Waals surface area contributed by atoms with Crippen LogP contribution in [0.2, 0.25) is 5.02 Å². The second-order valence-corrected chi connectivity index (χ2v) is 4.55. The van der Waals surface area contributed by atoms with Crippen molar-refractivity contribution in [3.8, 4) is 0 Å². The van der Waals surface area contributed by atoms with Crippen LogP contribution < -0.4 is 0 Å². The van der Waals surface area contributed by atoms with Gasteiger partial charge in [-0.1, -0.05) is 42.8 Å². The SMILES string of the molecule is CCC=Cc1ncc(C=O)n1Cc1ccccc1Cl. The number of hydrogen-bond donors (Lipinski definition) is 0. The van der Waals surface area contributed by atoms with Crippen LogP contribution in [0.5, 0.6) is 0 Å². The summed E-state index contributed by atoms with van der Waals surface area (Å²) >= 11 is 6.15. The summed E-state index contributed by atoms with van der Waals surface area (Å²) in [4.78, 5) is 15.3. The Morgan fingerprint density at radius 3 is 2.84 bits per heavy atom. The number of hydrogen-bond acceptors (Lipinski definition) is 2. The molecule has 0 radical (unpaired) electrons. The Balaban J connectivity index is 2.38. The first-order valence-corrected chi connectivity index (χ1v) is 6.54. The van der Waals surface area contributed by atoms with Crippen LogP contribution in [-0.4, -0.2) is 15.8 Å². The maximum Gasteiger partial charge on any atom is 0.168 e. The fourth-order valence-electron chi connectivity index (χ4n) is 1.82. The summed E-state index contributed by atoms with van der Waals surface area (Å²) in [7, 11) is 0. The molecule has 19 heavy (non-hydrogen) atoms. The van der Waals surface area contributed by atoms with Crippen LogP contribution in [0.3, 0.4) is 0 Å². The second-order valence-electron chi connectivity index (χ2n) is 4.15. The third-order valence-electron chi connectivity index (χ3n) is 2.83. The molecule has 0 aliphatic carbocycles. The number of nitrogens with zero attached hydrogens (tertiary/aromatic N) is 2. The van der Waals surface area contributed by atoms with Gasteiger partial charge in [0.2, 0.25) is 0 Å². The molecule has 0 fully saturated rings. The molecule has 2 rings (SSSR count). The molecule has 1 aromatic carbocycles. The van der Waals surface area contributed by atoms with Gasteiger partial charge in [0.25, 0.3) is 0 Å². The Bertz CT molecular complexity index is 602. The van der Waals surface area contributed by atoms with Gasteiger partial charge in [0, 0.05) is 5.02 Å². The molecule has 1 heterocycles. The van der Waals surface area contributed by atoms with E-state index in [1.54, 1.807) is 6.20 Å². The Morgan fingerprint density at radius 2 is 2.16 bits per heavy atom. The van der Waals surface area contributed by atoms with Gasteiger partial charge in [0.05, 0.1) is 12.7 Å². The van der Waals surface area contributed by atoms with Crippen LogP contribution in [0.1, 0.15) is 35.2 Å².